The number of aliphatic hydroxyl groups is 1. The van der Waals surface area contributed by atoms with E-state index in [9.17, 15) is 5.11 Å². The van der Waals surface area contributed by atoms with E-state index in [0.29, 0.717) is 13.0 Å². The van der Waals surface area contributed by atoms with E-state index in [-0.39, 0.29) is 0 Å². The Morgan fingerprint density at radius 3 is 2.64 bits per heavy atom. The van der Waals surface area contributed by atoms with Crippen LogP contribution in [0.2, 0.25) is 0 Å². The van der Waals surface area contributed by atoms with Crippen LogP contribution in [0.15, 0.2) is 43.0 Å². The molecule has 0 radical (unpaired) electrons. The summed E-state index contributed by atoms with van der Waals surface area (Å²) in [7, 11) is 0. The normalized spacial score (nSPS) is 15.8. The van der Waals surface area contributed by atoms with Crippen molar-refractivity contribution in [2.45, 2.75) is 38.3 Å². The minimum absolute atomic E-state index is 0.428. The van der Waals surface area contributed by atoms with Crippen LogP contribution in [0.3, 0.4) is 0 Å². The Balaban J connectivity index is 1.47. The van der Waals surface area contributed by atoms with Gasteiger partial charge in [-0.1, -0.05) is 30.3 Å². The number of nitrogens with zero attached hydrogens (tertiary/aromatic N) is 5. The molecule has 1 unspecified atom stereocenters. The molecule has 1 atom stereocenters. The number of hydrogen-bond donors (Lipinski definition) is 1. The van der Waals surface area contributed by atoms with Crippen LogP contribution in [0.1, 0.15) is 24.8 Å². The molecule has 0 aliphatic carbocycles. The summed E-state index contributed by atoms with van der Waals surface area (Å²) in [6.07, 6.45) is 6.92. The van der Waals surface area contributed by atoms with E-state index in [0.717, 1.165) is 36.5 Å². The topological polar surface area (TPSA) is 67.1 Å². The molecule has 6 nitrogen and oxygen atoms in total. The highest BCUT2D eigenvalue weighted by atomic mass is 16.3. The van der Waals surface area contributed by atoms with Gasteiger partial charge in [0.1, 0.15) is 6.33 Å². The standard InChI is InChI=1S/C19H23N5O/c25-16(9-8-15-6-2-1-3-7-15)12-24-14-22-17-18(20-13-21-19(17)24)23-10-4-5-11-23/h1-3,6-7,13-14,16,25H,4-5,8-12H2. The minimum Gasteiger partial charge on any atom is -0.391 e. The summed E-state index contributed by atoms with van der Waals surface area (Å²) in [6.45, 7) is 2.55. The van der Waals surface area contributed by atoms with Crippen LogP contribution in [-0.4, -0.2) is 43.8 Å². The second kappa shape index (κ2) is 7.19. The van der Waals surface area contributed by atoms with Gasteiger partial charge in [-0.2, -0.15) is 0 Å². The molecule has 3 heterocycles. The van der Waals surface area contributed by atoms with E-state index < -0.39 is 6.10 Å². The van der Waals surface area contributed by atoms with Gasteiger partial charge in [0.05, 0.1) is 19.0 Å². The van der Waals surface area contributed by atoms with Gasteiger partial charge in [0.15, 0.2) is 17.0 Å². The maximum Gasteiger partial charge on any atom is 0.165 e. The lowest BCUT2D eigenvalue weighted by molar-refractivity contribution is 0.146. The monoisotopic (exact) mass is 337 g/mol. The Bertz CT molecular complexity index is 826. The Hall–Kier alpha value is -2.47. The lowest BCUT2D eigenvalue weighted by Crippen LogP contribution is -2.20. The molecule has 25 heavy (non-hydrogen) atoms. The molecule has 1 aliphatic heterocycles. The van der Waals surface area contributed by atoms with Gasteiger partial charge in [-0.3, -0.25) is 0 Å². The van der Waals surface area contributed by atoms with Crippen LogP contribution in [0.4, 0.5) is 5.82 Å². The zero-order valence-corrected chi connectivity index (χ0v) is 14.3. The number of rotatable bonds is 6. The second-order valence-corrected chi connectivity index (χ2v) is 6.64. The van der Waals surface area contributed by atoms with Crippen molar-refractivity contribution < 1.29 is 5.11 Å². The molecule has 1 aromatic carbocycles. The molecule has 0 amide bonds. The van der Waals surface area contributed by atoms with Gasteiger partial charge in [-0.25, -0.2) is 15.0 Å². The van der Waals surface area contributed by atoms with Gasteiger partial charge in [0.25, 0.3) is 0 Å². The molecular weight excluding hydrogens is 314 g/mol. The molecule has 0 saturated carbocycles. The molecule has 2 aromatic heterocycles. The van der Waals surface area contributed by atoms with Crippen molar-refractivity contribution in [3.05, 3.63) is 48.5 Å². The first-order valence-electron chi connectivity index (χ1n) is 8.94. The zero-order valence-electron chi connectivity index (χ0n) is 14.3. The van der Waals surface area contributed by atoms with Crippen LogP contribution >= 0.6 is 0 Å². The zero-order chi connectivity index (χ0) is 17.1. The third-order valence-electron chi connectivity index (χ3n) is 4.80. The average Bonchev–Trinajstić information content (AvgIpc) is 3.31. The molecule has 1 fully saturated rings. The van der Waals surface area contributed by atoms with Crippen molar-refractivity contribution in [3.8, 4) is 0 Å². The van der Waals surface area contributed by atoms with Gasteiger partial charge in [-0.15, -0.1) is 0 Å². The van der Waals surface area contributed by atoms with Crippen molar-refractivity contribution in [2.75, 3.05) is 18.0 Å². The molecule has 1 saturated heterocycles. The van der Waals surface area contributed by atoms with E-state index in [4.69, 9.17) is 0 Å². The van der Waals surface area contributed by atoms with Gasteiger partial charge < -0.3 is 14.6 Å². The minimum atomic E-state index is -0.428. The summed E-state index contributed by atoms with van der Waals surface area (Å²) in [4.78, 5) is 15.6. The fourth-order valence-electron chi connectivity index (χ4n) is 3.46. The van der Waals surface area contributed by atoms with Crippen molar-refractivity contribution in [2.24, 2.45) is 0 Å². The lowest BCUT2D eigenvalue weighted by Gasteiger charge is -2.16. The van der Waals surface area contributed by atoms with E-state index in [1.807, 2.05) is 22.8 Å². The van der Waals surface area contributed by atoms with Gasteiger partial charge in [0, 0.05) is 13.1 Å². The van der Waals surface area contributed by atoms with Crippen LogP contribution in [0, 0.1) is 0 Å². The van der Waals surface area contributed by atoms with Crippen molar-refractivity contribution in [3.63, 3.8) is 0 Å². The van der Waals surface area contributed by atoms with Crippen molar-refractivity contribution in [1.29, 1.82) is 0 Å². The molecule has 0 spiro atoms. The SMILES string of the molecule is OC(CCc1ccccc1)Cn1cnc2c(N3CCCC3)ncnc21. The number of imidazole rings is 1. The maximum absolute atomic E-state index is 10.4. The third kappa shape index (κ3) is 3.49. The average molecular weight is 337 g/mol. The quantitative estimate of drug-likeness (QED) is 0.748. The molecule has 0 bridgehead atoms. The van der Waals surface area contributed by atoms with E-state index in [1.165, 1.54) is 18.4 Å². The summed E-state index contributed by atoms with van der Waals surface area (Å²) in [5, 5.41) is 10.4. The highest BCUT2D eigenvalue weighted by Gasteiger charge is 2.19. The summed E-state index contributed by atoms with van der Waals surface area (Å²) < 4.78 is 1.94. The first kappa shape index (κ1) is 16.0. The first-order valence-corrected chi connectivity index (χ1v) is 8.94. The van der Waals surface area contributed by atoms with E-state index >= 15 is 0 Å². The Morgan fingerprint density at radius 1 is 1.04 bits per heavy atom. The summed E-state index contributed by atoms with van der Waals surface area (Å²) in [6, 6.07) is 10.3. The van der Waals surface area contributed by atoms with Gasteiger partial charge in [0.2, 0.25) is 0 Å². The molecular formula is C19H23N5O. The van der Waals surface area contributed by atoms with Crippen LogP contribution in [-0.2, 0) is 13.0 Å². The number of benzene rings is 1. The first-order chi connectivity index (χ1) is 12.3. The number of aromatic nitrogens is 4. The number of aryl methyl sites for hydroxylation is 1. The van der Waals surface area contributed by atoms with E-state index in [1.54, 1.807) is 12.7 Å². The highest BCUT2D eigenvalue weighted by Crippen LogP contribution is 2.25. The van der Waals surface area contributed by atoms with Crippen molar-refractivity contribution >= 4 is 17.0 Å². The van der Waals surface area contributed by atoms with E-state index in [2.05, 4.69) is 32.0 Å². The largest absolute Gasteiger partial charge is 0.391 e. The molecule has 1 N–H and O–H groups in total. The smallest absolute Gasteiger partial charge is 0.165 e. The number of aliphatic hydroxyl groups excluding tert-OH is 1. The Morgan fingerprint density at radius 2 is 1.84 bits per heavy atom. The van der Waals surface area contributed by atoms with Crippen LogP contribution in [0.25, 0.3) is 11.2 Å². The van der Waals surface area contributed by atoms with Gasteiger partial charge >= 0.3 is 0 Å². The number of hydrogen-bond acceptors (Lipinski definition) is 5. The van der Waals surface area contributed by atoms with Crippen LogP contribution < -0.4 is 4.90 Å². The van der Waals surface area contributed by atoms with Crippen LogP contribution in [0.5, 0.6) is 0 Å². The molecule has 3 aromatic rings. The second-order valence-electron chi connectivity index (χ2n) is 6.64. The third-order valence-corrected chi connectivity index (χ3v) is 4.80. The molecule has 1 aliphatic rings. The predicted molar refractivity (Wildman–Crippen MR) is 97.5 cm³/mol. The number of fused-ring (bicyclic) bond motifs is 1. The summed E-state index contributed by atoms with van der Waals surface area (Å²) >= 11 is 0. The Labute approximate surface area is 147 Å². The molecule has 4 rings (SSSR count). The number of anilines is 1. The molecule has 130 valence electrons. The Kier molecular flexibility index (Phi) is 4.61. The molecule has 6 heteroatoms. The summed E-state index contributed by atoms with van der Waals surface area (Å²) in [5.41, 5.74) is 2.88. The lowest BCUT2D eigenvalue weighted by atomic mass is 10.1. The highest BCUT2D eigenvalue weighted by molar-refractivity contribution is 5.83. The predicted octanol–water partition coefficient (Wildman–Crippen LogP) is 2.42. The maximum atomic E-state index is 10.4. The fourth-order valence-corrected chi connectivity index (χ4v) is 3.46. The fraction of sp³-hybridized carbons (Fsp3) is 0.421. The summed E-state index contributed by atoms with van der Waals surface area (Å²) in [5.74, 6) is 0.917. The van der Waals surface area contributed by atoms with Gasteiger partial charge in [-0.05, 0) is 31.2 Å². The van der Waals surface area contributed by atoms with Crippen molar-refractivity contribution in [1.82, 2.24) is 19.5 Å².